The Morgan fingerprint density at radius 3 is 1.90 bits per heavy atom. The highest BCUT2D eigenvalue weighted by atomic mass is 19.4. The van der Waals surface area contributed by atoms with Crippen LogP contribution in [-0.4, -0.2) is 18.6 Å². The number of amides is 1. The van der Waals surface area contributed by atoms with E-state index in [1.165, 1.54) is 0 Å². The van der Waals surface area contributed by atoms with E-state index in [2.05, 4.69) is 11.5 Å². The number of carbonyl (C=O) groups is 1. The minimum atomic E-state index is -4.61. The molecule has 60 valence electrons. The average molecular weight is 156 g/mol. The van der Waals surface area contributed by atoms with E-state index in [1.54, 1.807) is 0 Å². The lowest BCUT2D eigenvalue weighted by atomic mass is 10.1. The molecule has 0 aromatic rings. The highest BCUT2D eigenvalue weighted by molar-refractivity contribution is 5.77. The molecule has 0 saturated heterocycles. The predicted octanol–water partition coefficient (Wildman–Crippen LogP) is -0.391. The second-order valence-corrected chi connectivity index (χ2v) is 1.73. The van der Waals surface area contributed by atoms with Gasteiger partial charge in [0, 0.05) is 6.54 Å². The van der Waals surface area contributed by atoms with E-state index < -0.39 is 24.5 Å². The van der Waals surface area contributed by atoms with Crippen LogP contribution in [0, 0.1) is 5.92 Å². The molecule has 0 radical (unpaired) electrons. The Balaban J connectivity index is 4.22. The number of rotatable bonds is 2. The molecule has 4 N–H and O–H groups in total. The maximum Gasteiger partial charge on any atom is 0.401 e. The first-order chi connectivity index (χ1) is 4.39. The van der Waals surface area contributed by atoms with Crippen LogP contribution in [-0.2, 0) is 4.79 Å². The summed E-state index contributed by atoms with van der Waals surface area (Å²) in [5.41, 5.74) is 9.03. The largest absolute Gasteiger partial charge is 0.401 e. The molecule has 1 amide bonds. The maximum absolute atomic E-state index is 11.6. The van der Waals surface area contributed by atoms with Crippen molar-refractivity contribution in [2.75, 3.05) is 6.54 Å². The molecule has 3 nitrogen and oxygen atoms in total. The molecule has 0 aliphatic rings. The standard InChI is InChI=1S/C4H7F3N2O/c5-4(6,7)2(1-8)3(9)10/h2H,1,8H2,(H2,9,10)/t2-/m0/s1. The quantitative estimate of drug-likeness (QED) is 0.571. The molecular formula is C4H7F3N2O. The molecule has 0 fully saturated rings. The zero-order chi connectivity index (χ0) is 8.36. The van der Waals surface area contributed by atoms with Crippen LogP contribution in [0.3, 0.4) is 0 Å². The Labute approximate surface area is 55.2 Å². The second kappa shape index (κ2) is 2.87. The van der Waals surface area contributed by atoms with Crippen LogP contribution < -0.4 is 11.5 Å². The fourth-order valence-electron chi connectivity index (χ4n) is 0.411. The van der Waals surface area contributed by atoms with E-state index in [-0.39, 0.29) is 0 Å². The maximum atomic E-state index is 11.6. The van der Waals surface area contributed by atoms with Gasteiger partial charge in [-0.25, -0.2) is 0 Å². The molecule has 0 rings (SSSR count). The van der Waals surface area contributed by atoms with E-state index in [1.807, 2.05) is 0 Å². The van der Waals surface area contributed by atoms with Crippen molar-refractivity contribution in [3.8, 4) is 0 Å². The van der Waals surface area contributed by atoms with E-state index >= 15 is 0 Å². The van der Waals surface area contributed by atoms with Crippen molar-refractivity contribution in [1.29, 1.82) is 0 Å². The number of halogens is 3. The topological polar surface area (TPSA) is 69.1 Å². The fraction of sp³-hybridized carbons (Fsp3) is 0.750. The van der Waals surface area contributed by atoms with Gasteiger partial charge in [0.1, 0.15) is 5.92 Å². The number of carbonyl (C=O) groups excluding carboxylic acids is 1. The first kappa shape index (κ1) is 9.22. The summed E-state index contributed by atoms with van der Waals surface area (Å²) in [4.78, 5) is 10.00. The first-order valence-corrected chi connectivity index (χ1v) is 2.45. The molecule has 10 heavy (non-hydrogen) atoms. The molecule has 0 unspecified atom stereocenters. The molecule has 0 saturated carbocycles. The third-order valence-corrected chi connectivity index (χ3v) is 0.974. The predicted molar refractivity (Wildman–Crippen MR) is 27.8 cm³/mol. The van der Waals surface area contributed by atoms with Gasteiger partial charge in [0.25, 0.3) is 0 Å². The molecule has 0 aromatic heterocycles. The van der Waals surface area contributed by atoms with Crippen molar-refractivity contribution in [3.05, 3.63) is 0 Å². The highest BCUT2D eigenvalue weighted by Crippen LogP contribution is 2.24. The molecule has 0 spiro atoms. The van der Waals surface area contributed by atoms with Crippen molar-refractivity contribution in [3.63, 3.8) is 0 Å². The number of nitrogens with two attached hydrogens (primary N) is 2. The molecule has 6 heteroatoms. The van der Waals surface area contributed by atoms with Gasteiger partial charge < -0.3 is 11.5 Å². The molecule has 0 aromatic carbocycles. The first-order valence-electron chi connectivity index (χ1n) is 2.45. The third kappa shape index (κ3) is 2.22. The smallest absolute Gasteiger partial charge is 0.369 e. The lowest BCUT2D eigenvalue weighted by Crippen LogP contribution is -2.40. The summed E-state index contributed by atoms with van der Waals surface area (Å²) in [5, 5.41) is 0. The van der Waals surface area contributed by atoms with Crippen LogP contribution in [0.4, 0.5) is 13.2 Å². The summed E-state index contributed by atoms with van der Waals surface area (Å²) >= 11 is 0. The summed E-state index contributed by atoms with van der Waals surface area (Å²) in [6.07, 6.45) is -4.61. The SMILES string of the molecule is NC[C@@H](C(N)=O)C(F)(F)F. The van der Waals surface area contributed by atoms with Gasteiger partial charge in [-0.1, -0.05) is 0 Å². The van der Waals surface area contributed by atoms with E-state index in [0.717, 1.165) is 0 Å². The fourth-order valence-corrected chi connectivity index (χ4v) is 0.411. The zero-order valence-electron chi connectivity index (χ0n) is 4.98. The van der Waals surface area contributed by atoms with Crippen LogP contribution in [0.5, 0.6) is 0 Å². The Hall–Kier alpha value is -0.780. The Morgan fingerprint density at radius 2 is 1.90 bits per heavy atom. The van der Waals surface area contributed by atoms with Gasteiger partial charge in [0.2, 0.25) is 5.91 Å². The summed E-state index contributed by atoms with van der Waals surface area (Å²) in [6.45, 7) is -0.793. The van der Waals surface area contributed by atoms with Crippen molar-refractivity contribution < 1.29 is 18.0 Å². The second-order valence-electron chi connectivity index (χ2n) is 1.73. The average Bonchev–Trinajstić information content (AvgIpc) is 1.60. The molecule has 0 aliphatic carbocycles. The Kier molecular flexibility index (Phi) is 2.65. The summed E-state index contributed by atoms with van der Waals surface area (Å²) in [7, 11) is 0. The summed E-state index contributed by atoms with van der Waals surface area (Å²) in [5.74, 6) is -3.65. The van der Waals surface area contributed by atoms with Gasteiger partial charge in [-0.2, -0.15) is 13.2 Å². The summed E-state index contributed by atoms with van der Waals surface area (Å²) < 4.78 is 34.8. The number of hydrogen-bond acceptors (Lipinski definition) is 2. The van der Waals surface area contributed by atoms with Crippen LogP contribution in [0.1, 0.15) is 0 Å². The zero-order valence-corrected chi connectivity index (χ0v) is 4.98. The van der Waals surface area contributed by atoms with Crippen molar-refractivity contribution in [2.45, 2.75) is 6.18 Å². The van der Waals surface area contributed by atoms with Gasteiger partial charge in [-0.05, 0) is 0 Å². The summed E-state index contributed by atoms with van der Waals surface area (Å²) in [6, 6.07) is 0. The van der Waals surface area contributed by atoms with Crippen molar-refractivity contribution in [1.82, 2.24) is 0 Å². The van der Waals surface area contributed by atoms with Crippen molar-refractivity contribution >= 4 is 5.91 Å². The molecule has 0 aliphatic heterocycles. The molecule has 1 atom stereocenters. The van der Waals surface area contributed by atoms with Gasteiger partial charge in [0.15, 0.2) is 0 Å². The normalized spacial score (nSPS) is 14.8. The lowest BCUT2D eigenvalue weighted by molar-refractivity contribution is -0.178. The number of alkyl halides is 3. The van der Waals surface area contributed by atoms with Crippen LogP contribution >= 0.6 is 0 Å². The van der Waals surface area contributed by atoms with Crippen LogP contribution in [0.25, 0.3) is 0 Å². The molecular weight excluding hydrogens is 149 g/mol. The van der Waals surface area contributed by atoms with Gasteiger partial charge >= 0.3 is 6.18 Å². The molecule has 0 heterocycles. The Bertz CT molecular complexity index is 133. The minimum Gasteiger partial charge on any atom is -0.369 e. The molecule has 0 bridgehead atoms. The van der Waals surface area contributed by atoms with Crippen molar-refractivity contribution in [2.24, 2.45) is 17.4 Å². The Morgan fingerprint density at radius 1 is 1.50 bits per heavy atom. The van der Waals surface area contributed by atoms with E-state index in [4.69, 9.17) is 0 Å². The van der Waals surface area contributed by atoms with E-state index in [9.17, 15) is 18.0 Å². The van der Waals surface area contributed by atoms with E-state index in [0.29, 0.717) is 0 Å². The van der Waals surface area contributed by atoms with Crippen LogP contribution in [0.2, 0.25) is 0 Å². The number of primary amides is 1. The highest BCUT2D eigenvalue weighted by Gasteiger charge is 2.42. The monoisotopic (exact) mass is 156 g/mol. The van der Waals surface area contributed by atoms with Crippen LogP contribution in [0.15, 0.2) is 0 Å². The van der Waals surface area contributed by atoms with Gasteiger partial charge in [0.05, 0.1) is 0 Å². The lowest BCUT2D eigenvalue weighted by Gasteiger charge is -2.13. The minimum absolute atomic E-state index is 0.793. The van der Waals surface area contributed by atoms with Gasteiger partial charge in [-0.15, -0.1) is 0 Å². The third-order valence-electron chi connectivity index (χ3n) is 0.974. The van der Waals surface area contributed by atoms with Gasteiger partial charge in [-0.3, -0.25) is 4.79 Å². The number of hydrogen-bond donors (Lipinski definition) is 2.